The molecular weight excluding hydrogens is 278 g/mol. The van der Waals surface area contributed by atoms with Crippen molar-refractivity contribution in [1.82, 2.24) is 5.32 Å². The zero-order valence-corrected chi connectivity index (χ0v) is 14.1. The van der Waals surface area contributed by atoms with Gasteiger partial charge in [-0.2, -0.15) is 0 Å². The van der Waals surface area contributed by atoms with Gasteiger partial charge in [0.2, 0.25) is 5.75 Å². The Morgan fingerprint density at radius 1 is 1.23 bits per heavy atom. The lowest BCUT2D eigenvalue weighted by atomic mass is 9.86. The number of nitrogens with one attached hydrogen (secondary N) is 1. The second-order valence-corrected chi connectivity index (χ2v) is 6.97. The molecule has 0 radical (unpaired) electrons. The van der Waals surface area contributed by atoms with Gasteiger partial charge in [-0.1, -0.05) is 20.8 Å². The molecule has 4 heteroatoms. The van der Waals surface area contributed by atoms with Crippen molar-refractivity contribution in [3.63, 3.8) is 0 Å². The van der Waals surface area contributed by atoms with Crippen LogP contribution in [0.15, 0.2) is 12.1 Å². The normalized spacial score (nSPS) is 26.5. The summed E-state index contributed by atoms with van der Waals surface area (Å²) in [6.45, 7) is 11.0. The Bertz CT molecular complexity index is 543. The van der Waals surface area contributed by atoms with E-state index in [-0.39, 0.29) is 5.60 Å². The molecule has 3 rings (SSSR count). The fourth-order valence-electron chi connectivity index (χ4n) is 3.09. The van der Waals surface area contributed by atoms with Crippen LogP contribution in [0.3, 0.4) is 0 Å². The topological polar surface area (TPSA) is 39.7 Å². The number of benzene rings is 1. The number of ether oxygens (including phenoxy) is 3. The van der Waals surface area contributed by atoms with Gasteiger partial charge in [0.25, 0.3) is 0 Å². The summed E-state index contributed by atoms with van der Waals surface area (Å²) in [7, 11) is 0. The fraction of sp³-hybridized carbons (Fsp3) is 0.667. The molecule has 4 nitrogen and oxygen atoms in total. The predicted octanol–water partition coefficient (Wildman–Crippen LogP) is 3.70. The molecule has 1 aromatic carbocycles. The second kappa shape index (κ2) is 5.99. The summed E-state index contributed by atoms with van der Waals surface area (Å²) in [5, 5.41) is 3.70. The Kier molecular flexibility index (Phi) is 4.22. The van der Waals surface area contributed by atoms with Crippen molar-refractivity contribution in [2.75, 3.05) is 19.8 Å². The number of hydrogen-bond acceptors (Lipinski definition) is 4. The molecule has 0 spiro atoms. The van der Waals surface area contributed by atoms with Crippen LogP contribution in [0.5, 0.6) is 17.2 Å². The van der Waals surface area contributed by atoms with Gasteiger partial charge < -0.3 is 19.5 Å². The van der Waals surface area contributed by atoms with Crippen molar-refractivity contribution < 1.29 is 14.2 Å². The quantitative estimate of drug-likeness (QED) is 0.921. The van der Waals surface area contributed by atoms with Crippen molar-refractivity contribution in [1.29, 1.82) is 0 Å². The van der Waals surface area contributed by atoms with Crippen LogP contribution < -0.4 is 19.5 Å². The lowest BCUT2D eigenvalue weighted by Gasteiger charge is -2.41. The summed E-state index contributed by atoms with van der Waals surface area (Å²) >= 11 is 0. The zero-order valence-electron chi connectivity index (χ0n) is 14.1. The van der Waals surface area contributed by atoms with E-state index in [0.29, 0.717) is 25.2 Å². The third kappa shape index (κ3) is 2.89. The third-order valence-corrected chi connectivity index (χ3v) is 4.57. The summed E-state index contributed by atoms with van der Waals surface area (Å²) in [6, 6.07) is 4.43. The molecule has 0 aliphatic carbocycles. The highest BCUT2D eigenvalue weighted by molar-refractivity contribution is 5.58. The molecule has 0 bridgehead atoms. The Hall–Kier alpha value is -1.42. The molecular formula is C18H27NO3. The summed E-state index contributed by atoms with van der Waals surface area (Å²) in [4.78, 5) is 0. The maximum absolute atomic E-state index is 6.36. The van der Waals surface area contributed by atoms with E-state index < -0.39 is 0 Å². The van der Waals surface area contributed by atoms with Gasteiger partial charge in [-0.3, -0.25) is 0 Å². The molecule has 2 heterocycles. The highest BCUT2D eigenvalue weighted by atomic mass is 16.6. The molecule has 2 aliphatic rings. The average molecular weight is 305 g/mol. The first-order valence-electron chi connectivity index (χ1n) is 8.37. The lowest BCUT2D eigenvalue weighted by Crippen LogP contribution is -2.42. The summed E-state index contributed by atoms with van der Waals surface area (Å²) in [5.74, 6) is 3.07. The standard InChI is InChI=1S/C18H27NO3/c1-5-18(4)10-14(19-11-12(2)3)13-6-7-15-17(16(13)22-18)21-9-8-20-15/h6-7,12,14,19H,5,8-11H2,1-4H3. The van der Waals surface area contributed by atoms with E-state index in [1.807, 2.05) is 6.07 Å². The first-order chi connectivity index (χ1) is 10.5. The molecule has 2 unspecified atom stereocenters. The molecule has 0 saturated carbocycles. The number of rotatable bonds is 4. The average Bonchev–Trinajstić information content (AvgIpc) is 2.52. The van der Waals surface area contributed by atoms with Crippen LogP contribution in [0.1, 0.15) is 52.1 Å². The van der Waals surface area contributed by atoms with E-state index >= 15 is 0 Å². The summed E-state index contributed by atoms with van der Waals surface area (Å²) in [5.41, 5.74) is 1.02. The highest BCUT2D eigenvalue weighted by Gasteiger charge is 2.39. The number of fused-ring (bicyclic) bond motifs is 3. The maximum Gasteiger partial charge on any atom is 0.204 e. The van der Waals surface area contributed by atoms with E-state index in [9.17, 15) is 0 Å². The molecule has 22 heavy (non-hydrogen) atoms. The van der Waals surface area contributed by atoms with Crippen molar-refractivity contribution >= 4 is 0 Å². The van der Waals surface area contributed by atoms with Gasteiger partial charge in [-0.05, 0) is 37.9 Å². The molecule has 0 aromatic heterocycles. The first kappa shape index (κ1) is 15.5. The molecule has 1 N–H and O–H groups in total. The van der Waals surface area contributed by atoms with E-state index in [0.717, 1.165) is 36.6 Å². The van der Waals surface area contributed by atoms with Gasteiger partial charge in [0.05, 0.1) is 0 Å². The van der Waals surface area contributed by atoms with Crippen LogP contribution in [-0.4, -0.2) is 25.4 Å². The lowest BCUT2D eigenvalue weighted by molar-refractivity contribution is 0.0363. The van der Waals surface area contributed by atoms with Crippen LogP contribution in [0.4, 0.5) is 0 Å². The van der Waals surface area contributed by atoms with E-state index in [1.165, 1.54) is 5.56 Å². The molecule has 2 atom stereocenters. The zero-order chi connectivity index (χ0) is 15.7. The first-order valence-corrected chi connectivity index (χ1v) is 8.37. The second-order valence-electron chi connectivity index (χ2n) is 6.97. The Morgan fingerprint density at radius 2 is 2.00 bits per heavy atom. The maximum atomic E-state index is 6.36. The molecule has 0 saturated heterocycles. The largest absolute Gasteiger partial charge is 0.486 e. The van der Waals surface area contributed by atoms with Crippen molar-refractivity contribution in [2.45, 2.75) is 52.2 Å². The highest BCUT2D eigenvalue weighted by Crippen LogP contribution is 2.50. The van der Waals surface area contributed by atoms with Crippen molar-refractivity contribution in [2.24, 2.45) is 5.92 Å². The van der Waals surface area contributed by atoms with Crippen LogP contribution in [-0.2, 0) is 0 Å². The molecule has 2 aliphatic heterocycles. The van der Waals surface area contributed by atoms with E-state index in [2.05, 4.69) is 39.1 Å². The minimum Gasteiger partial charge on any atom is -0.486 e. The summed E-state index contributed by atoms with van der Waals surface area (Å²) < 4.78 is 17.9. The monoisotopic (exact) mass is 305 g/mol. The van der Waals surface area contributed by atoms with Gasteiger partial charge in [0, 0.05) is 18.0 Å². The smallest absolute Gasteiger partial charge is 0.204 e. The summed E-state index contributed by atoms with van der Waals surface area (Å²) in [6.07, 6.45) is 1.94. The van der Waals surface area contributed by atoms with Crippen LogP contribution in [0, 0.1) is 5.92 Å². The van der Waals surface area contributed by atoms with Gasteiger partial charge >= 0.3 is 0 Å². The van der Waals surface area contributed by atoms with Crippen LogP contribution in [0.25, 0.3) is 0 Å². The molecule has 1 aromatic rings. The Balaban J connectivity index is 1.98. The third-order valence-electron chi connectivity index (χ3n) is 4.57. The van der Waals surface area contributed by atoms with Crippen molar-refractivity contribution in [3.05, 3.63) is 17.7 Å². The van der Waals surface area contributed by atoms with Crippen LogP contribution in [0.2, 0.25) is 0 Å². The fourth-order valence-corrected chi connectivity index (χ4v) is 3.09. The minimum atomic E-state index is -0.169. The minimum absolute atomic E-state index is 0.169. The van der Waals surface area contributed by atoms with E-state index in [1.54, 1.807) is 0 Å². The van der Waals surface area contributed by atoms with Crippen molar-refractivity contribution in [3.8, 4) is 17.2 Å². The SMILES string of the molecule is CCC1(C)CC(NCC(C)C)c2ccc3c(c2O1)OCCO3. The van der Waals surface area contributed by atoms with Gasteiger partial charge in [-0.25, -0.2) is 0 Å². The van der Waals surface area contributed by atoms with E-state index in [4.69, 9.17) is 14.2 Å². The van der Waals surface area contributed by atoms with Gasteiger partial charge in [-0.15, -0.1) is 0 Å². The molecule has 122 valence electrons. The van der Waals surface area contributed by atoms with Gasteiger partial charge in [0.1, 0.15) is 18.8 Å². The van der Waals surface area contributed by atoms with Crippen LogP contribution >= 0.6 is 0 Å². The Labute approximate surface area is 133 Å². The number of hydrogen-bond donors (Lipinski definition) is 1. The Morgan fingerprint density at radius 3 is 2.73 bits per heavy atom. The predicted molar refractivity (Wildman–Crippen MR) is 87.0 cm³/mol. The van der Waals surface area contributed by atoms with Gasteiger partial charge in [0.15, 0.2) is 11.5 Å². The molecule has 0 amide bonds. The molecule has 0 fully saturated rings.